The van der Waals surface area contributed by atoms with Crippen molar-refractivity contribution in [2.75, 3.05) is 39.6 Å². The number of amides is 2. The number of morpholine rings is 1. The Morgan fingerprint density at radius 1 is 1.15 bits per heavy atom. The van der Waals surface area contributed by atoms with Crippen LogP contribution < -0.4 is 10.1 Å². The third-order valence-electron chi connectivity index (χ3n) is 8.03. The second kappa shape index (κ2) is 13.9. The van der Waals surface area contributed by atoms with Gasteiger partial charge in [-0.2, -0.15) is 0 Å². The van der Waals surface area contributed by atoms with Crippen molar-refractivity contribution in [1.29, 1.82) is 0 Å². The van der Waals surface area contributed by atoms with Crippen molar-refractivity contribution in [2.24, 2.45) is 0 Å². The first-order valence-electron chi connectivity index (χ1n) is 15.0. The van der Waals surface area contributed by atoms with Gasteiger partial charge in [-0.1, -0.05) is 18.2 Å². The van der Waals surface area contributed by atoms with Crippen LogP contribution in [-0.2, 0) is 28.5 Å². The predicted octanol–water partition coefficient (Wildman–Crippen LogP) is 4.35. The number of rotatable bonds is 10. The summed E-state index contributed by atoms with van der Waals surface area (Å²) in [5.74, 6) is 0.862. The van der Waals surface area contributed by atoms with E-state index in [-0.39, 0.29) is 30.6 Å². The molecule has 3 aliphatic rings. The fourth-order valence-corrected chi connectivity index (χ4v) is 6.07. The Kier molecular flexibility index (Phi) is 10.5. The van der Waals surface area contributed by atoms with Crippen LogP contribution in [0.2, 0.25) is 0 Å². The summed E-state index contributed by atoms with van der Waals surface area (Å²) in [6, 6.07) is 7.75. The van der Waals surface area contributed by atoms with E-state index in [1.807, 2.05) is 39.0 Å². The largest absolute Gasteiger partial charge is 0.493 e. The molecule has 10 nitrogen and oxygen atoms in total. The number of benzene rings is 1. The van der Waals surface area contributed by atoms with Crippen molar-refractivity contribution in [3.05, 3.63) is 29.8 Å². The average Bonchev–Trinajstić information content (AvgIpc) is 3.26. The first kappa shape index (κ1) is 31.1. The minimum Gasteiger partial charge on any atom is -0.493 e. The van der Waals surface area contributed by atoms with E-state index in [9.17, 15) is 14.4 Å². The molecule has 41 heavy (non-hydrogen) atoms. The maximum atomic E-state index is 13.1. The zero-order valence-electron chi connectivity index (χ0n) is 24.9. The van der Waals surface area contributed by atoms with E-state index >= 15 is 0 Å². The van der Waals surface area contributed by atoms with Crippen LogP contribution in [0, 0.1) is 0 Å². The monoisotopic (exact) mass is 574 g/mol. The maximum absolute atomic E-state index is 13.1. The zero-order chi connectivity index (χ0) is 29.5. The van der Waals surface area contributed by atoms with Crippen molar-refractivity contribution in [1.82, 2.24) is 10.2 Å². The number of nitrogens with one attached hydrogen (secondary N) is 1. The highest BCUT2D eigenvalue weighted by molar-refractivity contribution is 5.79. The van der Waals surface area contributed by atoms with Crippen LogP contribution in [0.25, 0.3) is 0 Å². The predicted molar refractivity (Wildman–Crippen MR) is 152 cm³/mol. The SMILES string of the molecule is CCOC(=O)CCCOc1ccccc1C1CCC(OCC2N(C(=O)OC(C)(C)C)CCC23COCC(=O)N3)CC1. The molecule has 3 fully saturated rings. The maximum Gasteiger partial charge on any atom is 0.410 e. The van der Waals surface area contributed by atoms with Gasteiger partial charge >= 0.3 is 12.1 Å². The number of esters is 1. The molecule has 1 aromatic rings. The highest BCUT2D eigenvalue weighted by atomic mass is 16.6. The summed E-state index contributed by atoms with van der Waals surface area (Å²) in [5, 5.41) is 3.11. The number of para-hydroxylation sites is 1. The Bertz CT molecular complexity index is 1050. The molecule has 2 unspecified atom stereocenters. The normalized spacial score (nSPS) is 26.5. The minimum absolute atomic E-state index is 0.0301. The summed E-state index contributed by atoms with van der Waals surface area (Å²) in [7, 11) is 0. The zero-order valence-corrected chi connectivity index (χ0v) is 24.9. The highest BCUT2D eigenvalue weighted by Gasteiger charge is 2.53. The molecule has 2 saturated heterocycles. The van der Waals surface area contributed by atoms with Crippen LogP contribution >= 0.6 is 0 Å². The third-order valence-corrected chi connectivity index (χ3v) is 8.03. The molecule has 0 radical (unpaired) electrons. The molecule has 2 heterocycles. The molecular formula is C31H46N2O8. The van der Waals surface area contributed by atoms with Gasteiger partial charge in [-0.05, 0) is 83.8 Å². The van der Waals surface area contributed by atoms with Crippen LogP contribution in [0.4, 0.5) is 4.79 Å². The van der Waals surface area contributed by atoms with Gasteiger partial charge in [-0.15, -0.1) is 0 Å². The summed E-state index contributed by atoms with van der Waals surface area (Å²) in [5.41, 5.74) is -0.105. The van der Waals surface area contributed by atoms with Gasteiger partial charge in [0.25, 0.3) is 0 Å². The second-order valence-corrected chi connectivity index (χ2v) is 12.2. The lowest BCUT2D eigenvalue weighted by molar-refractivity contribution is -0.143. The Morgan fingerprint density at radius 3 is 2.61 bits per heavy atom. The van der Waals surface area contributed by atoms with Gasteiger partial charge in [0.15, 0.2) is 0 Å². The number of likely N-dealkylation sites (tertiary alicyclic amines) is 1. The number of ether oxygens (including phenoxy) is 5. The van der Waals surface area contributed by atoms with Crippen molar-refractivity contribution < 1.29 is 38.1 Å². The molecule has 1 aromatic carbocycles. The lowest BCUT2D eigenvalue weighted by Gasteiger charge is -2.41. The van der Waals surface area contributed by atoms with Crippen molar-refractivity contribution in [2.45, 2.75) is 102 Å². The minimum atomic E-state index is -0.674. The lowest BCUT2D eigenvalue weighted by Crippen LogP contribution is -2.65. The summed E-state index contributed by atoms with van der Waals surface area (Å²) < 4.78 is 28.8. The van der Waals surface area contributed by atoms with E-state index in [2.05, 4.69) is 11.4 Å². The molecule has 10 heteroatoms. The third kappa shape index (κ3) is 8.35. The number of hydrogen-bond acceptors (Lipinski definition) is 8. The molecule has 1 aliphatic carbocycles. The topological polar surface area (TPSA) is 113 Å². The van der Waals surface area contributed by atoms with E-state index in [0.29, 0.717) is 58.2 Å². The van der Waals surface area contributed by atoms with Gasteiger partial charge in [0.05, 0.1) is 44.1 Å². The Balaban J connectivity index is 1.32. The summed E-state index contributed by atoms with van der Waals surface area (Å²) in [4.78, 5) is 38.7. The number of nitrogens with zero attached hydrogens (tertiary/aromatic N) is 1. The Labute approximate surface area is 243 Å². The number of carbonyl (C=O) groups excluding carboxylic acids is 3. The molecule has 4 rings (SSSR count). The summed E-state index contributed by atoms with van der Waals surface area (Å²) >= 11 is 0. The molecule has 2 atom stereocenters. The molecule has 2 amide bonds. The molecule has 1 N–H and O–H groups in total. The molecule has 0 bridgehead atoms. The van der Waals surface area contributed by atoms with Gasteiger partial charge in [0.1, 0.15) is 18.0 Å². The number of hydrogen-bond donors (Lipinski definition) is 1. The first-order chi connectivity index (χ1) is 19.6. The fourth-order valence-electron chi connectivity index (χ4n) is 6.07. The van der Waals surface area contributed by atoms with E-state index < -0.39 is 17.2 Å². The van der Waals surface area contributed by atoms with Gasteiger partial charge in [0.2, 0.25) is 5.91 Å². The lowest BCUT2D eigenvalue weighted by atomic mass is 9.82. The van der Waals surface area contributed by atoms with Gasteiger partial charge in [0, 0.05) is 13.0 Å². The Hall–Kier alpha value is -2.85. The van der Waals surface area contributed by atoms with Crippen LogP contribution in [0.15, 0.2) is 24.3 Å². The Morgan fingerprint density at radius 2 is 1.90 bits per heavy atom. The van der Waals surface area contributed by atoms with Gasteiger partial charge in [-0.25, -0.2) is 4.79 Å². The van der Waals surface area contributed by atoms with E-state index in [1.54, 1.807) is 11.8 Å². The van der Waals surface area contributed by atoms with E-state index in [4.69, 9.17) is 23.7 Å². The van der Waals surface area contributed by atoms with E-state index in [0.717, 1.165) is 31.4 Å². The quantitative estimate of drug-likeness (QED) is 0.324. The van der Waals surface area contributed by atoms with Crippen LogP contribution in [0.1, 0.15) is 84.1 Å². The van der Waals surface area contributed by atoms with Gasteiger partial charge < -0.3 is 33.9 Å². The first-order valence-corrected chi connectivity index (χ1v) is 15.0. The van der Waals surface area contributed by atoms with Crippen molar-refractivity contribution in [3.63, 3.8) is 0 Å². The van der Waals surface area contributed by atoms with Crippen LogP contribution in [0.5, 0.6) is 5.75 Å². The summed E-state index contributed by atoms with van der Waals surface area (Å²) in [6.45, 7) is 9.34. The van der Waals surface area contributed by atoms with Crippen molar-refractivity contribution in [3.8, 4) is 5.75 Å². The molecule has 0 aromatic heterocycles. The van der Waals surface area contributed by atoms with Gasteiger partial charge in [-0.3, -0.25) is 9.59 Å². The van der Waals surface area contributed by atoms with Crippen LogP contribution in [-0.4, -0.2) is 85.7 Å². The van der Waals surface area contributed by atoms with Crippen LogP contribution in [0.3, 0.4) is 0 Å². The molecular weight excluding hydrogens is 528 g/mol. The standard InChI is InChI=1S/C31H46N2O8/c1-5-38-28(35)11-8-18-39-25-10-7-6-9-24(25)22-12-14-23(15-13-22)40-19-26-31(21-37-20-27(34)32-31)16-17-33(26)29(36)41-30(2,3)4/h6-7,9-10,22-23,26H,5,8,11-21H2,1-4H3,(H,32,34). The molecule has 228 valence electrons. The fraction of sp³-hybridized carbons (Fsp3) is 0.710. The van der Waals surface area contributed by atoms with Crippen molar-refractivity contribution >= 4 is 18.0 Å². The molecule has 2 aliphatic heterocycles. The second-order valence-electron chi connectivity index (χ2n) is 12.2. The van der Waals surface area contributed by atoms with E-state index in [1.165, 1.54) is 5.56 Å². The highest BCUT2D eigenvalue weighted by Crippen LogP contribution is 2.39. The number of carbonyl (C=O) groups is 3. The molecule has 1 spiro atoms. The molecule has 1 saturated carbocycles. The smallest absolute Gasteiger partial charge is 0.410 e. The summed E-state index contributed by atoms with van der Waals surface area (Å²) in [6.07, 6.45) is 4.90. The average molecular weight is 575 g/mol.